The number of carbonyl (C=O) groups is 1. The van der Waals surface area contributed by atoms with Crippen LogP contribution >= 0.6 is 11.8 Å². The van der Waals surface area contributed by atoms with Crippen LogP contribution in [0.15, 0.2) is 29.4 Å². The molecule has 1 aliphatic rings. The van der Waals surface area contributed by atoms with E-state index in [1.165, 1.54) is 31.0 Å². The Kier molecular flexibility index (Phi) is 4.02. The van der Waals surface area contributed by atoms with Gasteiger partial charge in [-0.2, -0.15) is 0 Å². The average molecular weight is 322 g/mol. The van der Waals surface area contributed by atoms with Gasteiger partial charge in [-0.25, -0.2) is 4.39 Å². The van der Waals surface area contributed by atoms with Gasteiger partial charge < -0.3 is 9.64 Å². The fourth-order valence-corrected chi connectivity index (χ4v) is 3.20. The predicted octanol–water partition coefficient (Wildman–Crippen LogP) is 2.22. The Labute approximate surface area is 131 Å². The van der Waals surface area contributed by atoms with Crippen molar-refractivity contribution in [2.45, 2.75) is 23.9 Å². The maximum Gasteiger partial charge on any atom is 0.318 e. The largest absolute Gasteiger partial charge is 0.468 e. The van der Waals surface area contributed by atoms with Gasteiger partial charge in [0, 0.05) is 18.8 Å². The summed E-state index contributed by atoms with van der Waals surface area (Å²) in [5, 5.41) is 8.66. The second kappa shape index (κ2) is 5.96. The van der Waals surface area contributed by atoms with Crippen LogP contribution in [0.4, 0.5) is 16.0 Å². The molecule has 1 aromatic heterocycles. The summed E-state index contributed by atoms with van der Waals surface area (Å²) in [6.45, 7) is 3.22. The summed E-state index contributed by atoms with van der Waals surface area (Å²) >= 11 is 1.32. The van der Waals surface area contributed by atoms with Gasteiger partial charge in [-0.15, -0.1) is 10.2 Å². The first kappa shape index (κ1) is 14.8. The number of rotatable bonds is 4. The Bertz CT molecular complexity index is 689. The number of esters is 1. The number of anilines is 2. The third kappa shape index (κ3) is 2.66. The summed E-state index contributed by atoms with van der Waals surface area (Å²) in [6.07, 6.45) is 0. The molecule has 0 bridgehead atoms. The molecule has 3 rings (SSSR count). The van der Waals surface area contributed by atoms with E-state index in [2.05, 4.69) is 10.2 Å². The number of halogens is 1. The van der Waals surface area contributed by atoms with E-state index >= 15 is 0 Å². The predicted molar refractivity (Wildman–Crippen MR) is 80.8 cm³/mol. The van der Waals surface area contributed by atoms with E-state index in [1.54, 1.807) is 19.1 Å². The molecule has 0 aliphatic carbocycles. The maximum atomic E-state index is 13.0. The minimum atomic E-state index is -0.349. The lowest BCUT2D eigenvalue weighted by Gasteiger charge is -2.14. The number of thioether (sulfide) groups is 1. The van der Waals surface area contributed by atoms with Crippen LogP contribution in [0.2, 0.25) is 0 Å². The van der Waals surface area contributed by atoms with E-state index < -0.39 is 0 Å². The molecule has 0 saturated carbocycles. The van der Waals surface area contributed by atoms with Gasteiger partial charge in [0.2, 0.25) is 5.95 Å². The van der Waals surface area contributed by atoms with Gasteiger partial charge in [0.1, 0.15) is 11.1 Å². The minimum absolute atomic E-state index is 0.271. The Morgan fingerprint density at radius 1 is 1.32 bits per heavy atom. The lowest BCUT2D eigenvalue weighted by Crippen LogP contribution is -2.15. The summed E-state index contributed by atoms with van der Waals surface area (Å²) in [6, 6.07) is 6.26. The summed E-state index contributed by atoms with van der Waals surface area (Å²) in [5.41, 5.74) is 0.866. The number of carbonyl (C=O) groups excluding carboxylic acids is 1. The Morgan fingerprint density at radius 2 is 2.05 bits per heavy atom. The molecule has 1 atom stereocenters. The number of ether oxygens (including phenoxy) is 1. The summed E-state index contributed by atoms with van der Waals surface area (Å²) in [5.74, 6) is 0.134. The number of methoxy groups -OCH3 is 1. The van der Waals surface area contributed by atoms with E-state index in [9.17, 15) is 9.18 Å². The van der Waals surface area contributed by atoms with Crippen LogP contribution in [-0.2, 0) is 16.1 Å². The number of hydrogen-bond acceptors (Lipinski definition) is 6. The molecule has 2 aromatic rings. The Balaban J connectivity index is 1.82. The molecule has 8 heteroatoms. The van der Waals surface area contributed by atoms with Crippen LogP contribution in [0, 0.1) is 5.82 Å². The quantitative estimate of drug-likeness (QED) is 0.635. The first-order valence-electron chi connectivity index (χ1n) is 6.81. The highest BCUT2D eigenvalue weighted by atomic mass is 32.2. The molecule has 0 fully saturated rings. The van der Waals surface area contributed by atoms with Crippen LogP contribution in [-0.4, -0.2) is 39.6 Å². The zero-order chi connectivity index (χ0) is 15.7. The van der Waals surface area contributed by atoms with Crippen molar-refractivity contribution in [3.63, 3.8) is 0 Å². The van der Waals surface area contributed by atoms with Crippen LogP contribution in [0.5, 0.6) is 0 Å². The maximum absolute atomic E-state index is 13.0. The van der Waals surface area contributed by atoms with Gasteiger partial charge in [-0.3, -0.25) is 9.36 Å². The fourth-order valence-electron chi connectivity index (χ4n) is 2.30. The van der Waals surface area contributed by atoms with Gasteiger partial charge in [0.25, 0.3) is 0 Å². The first-order valence-corrected chi connectivity index (χ1v) is 7.69. The van der Waals surface area contributed by atoms with Crippen molar-refractivity contribution in [3.05, 3.63) is 30.1 Å². The topological polar surface area (TPSA) is 60.2 Å². The molecule has 0 amide bonds. The molecule has 1 aromatic carbocycles. The van der Waals surface area contributed by atoms with Crippen molar-refractivity contribution in [3.8, 4) is 0 Å². The standard InChI is InChI=1S/C14H15FN4O2S/c1-9(12(20)21-2)22-14-17-16-13-18(7-8-19(13)14)11-5-3-10(15)4-6-11/h3-6,9H,7-8H2,1-2H3/t9-/m1/s1. The monoisotopic (exact) mass is 322 g/mol. The average Bonchev–Trinajstić information content (AvgIpc) is 3.10. The van der Waals surface area contributed by atoms with Crippen molar-refractivity contribution in [1.29, 1.82) is 0 Å². The molecule has 0 N–H and O–H groups in total. The highest BCUT2D eigenvalue weighted by Gasteiger charge is 2.28. The number of benzene rings is 1. The lowest BCUT2D eigenvalue weighted by atomic mass is 10.3. The highest BCUT2D eigenvalue weighted by molar-refractivity contribution is 8.00. The highest BCUT2D eigenvalue weighted by Crippen LogP contribution is 2.33. The summed E-state index contributed by atoms with van der Waals surface area (Å²) in [4.78, 5) is 13.5. The van der Waals surface area contributed by atoms with Gasteiger partial charge in [0.05, 0.1) is 7.11 Å². The molecule has 116 valence electrons. The van der Waals surface area contributed by atoms with Gasteiger partial charge in [-0.05, 0) is 31.2 Å². The van der Waals surface area contributed by atoms with Crippen molar-refractivity contribution in [2.75, 3.05) is 18.6 Å². The third-order valence-electron chi connectivity index (χ3n) is 3.44. The minimum Gasteiger partial charge on any atom is -0.468 e. The number of aromatic nitrogens is 3. The van der Waals surface area contributed by atoms with E-state index in [1.807, 2.05) is 9.47 Å². The zero-order valence-electron chi connectivity index (χ0n) is 12.2. The first-order chi connectivity index (χ1) is 10.6. The second-order valence-corrected chi connectivity index (χ2v) is 6.15. The van der Waals surface area contributed by atoms with Crippen LogP contribution in [0.3, 0.4) is 0 Å². The zero-order valence-corrected chi connectivity index (χ0v) is 13.0. The lowest BCUT2D eigenvalue weighted by molar-refractivity contribution is -0.139. The molecule has 1 aliphatic heterocycles. The molecular formula is C14H15FN4O2S. The SMILES string of the molecule is COC(=O)[C@@H](C)Sc1nnc2n1CCN2c1ccc(F)cc1. The molecule has 0 unspecified atom stereocenters. The Morgan fingerprint density at radius 3 is 2.73 bits per heavy atom. The van der Waals surface area contributed by atoms with Gasteiger partial charge in [-0.1, -0.05) is 11.8 Å². The molecular weight excluding hydrogens is 307 g/mol. The van der Waals surface area contributed by atoms with Crippen molar-refractivity contribution in [1.82, 2.24) is 14.8 Å². The van der Waals surface area contributed by atoms with Crippen LogP contribution in [0.25, 0.3) is 0 Å². The van der Waals surface area contributed by atoms with E-state index in [0.717, 1.165) is 18.8 Å². The molecule has 2 heterocycles. The molecule has 6 nitrogen and oxygen atoms in total. The molecule has 0 spiro atoms. The third-order valence-corrected chi connectivity index (χ3v) is 4.50. The molecule has 22 heavy (non-hydrogen) atoms. The summed E-state index contributed by atoms with van der Waals surface area (Å²) in [7, 11) is 1.36. The van der Waals surface area contributed by atoms with Crippen LogP contribution in [0.1, 0.15) is 6.92 Å². The number of nitrogens with zero attached hydrogens (tertiary/aromatic N) is 4. The second-order valence-electron chi connectivity index (χ2n) is 4.85. The molecule has 0 saturated heterocycles. The smallest absolute Gasteiger partial charge is 0.318 e. The van der Waals surface area contributed by atoms with Crippen molar-refractivity contribution < 1.29 is 13.9 Å². The Hall–Kier alpha value is -2.09. The molecule has 0 radical (unpaired) electrons. The van der Waals surface area contributed by atoms with E-state index in [4.69, 9.17) is 4.74 Å². The van der Waals surface area contributed by atoms with Crippen LogP contribution < -0.4 is 4.90 Å². The van der Waals surface area contributed by atoms with Crippen molar-refractivity contribution >= 4 is 29.4 Å². The fraction of sp³-hybridized carbons (Fsp3) is 0.357. The number of fused-ring (bicyclic) bond motifs is 1. The normalized spacial score (nSPS) is 14.8. The van der Waals surface area contributed by atoms with E-state index in [-0.39, 0.29) is 17.0 Å². The summed E-state index contributed by atoms with van der Waals surface area (Å²) < 4.78 is 19.7. The number of hydrogen-bond donors (Lipinski definition) is 0. The van der Waals surface area contributed by atoms with Gasteiger partial charge in [0.15, 0.2) is 5.16 Å². The van der Waals surface area contributed by atoms with Crippen molar-refractivity contribution in [2.24, 2.45) is 0 Å². The van der Waals surface area contributed by atoms with E-state index in [0.29, 0.717) is 11.1 Å². The van der Waals surface area contributed by atoms with Gasteiger partial charge >= 0.3 is 5.97 Å².